The highest BCUT2D eigenvalue weighted by Gasteiger charge is 2.05. The average molecular weight is 229 g/mol. The van der Waals surface area contributed by atoms with E-state index in [1.807, 2.05) is 23.1 Å². The maximum absolute atomic E-state index is 3.54. The van der Waals surface area contributed by atoms with Gasteiger partial charge in [0.1, 0.15) is 0 Å². The highest BCUT2D eigenvalue weighted by molar-refractivity contribution is 7.99. The standard InChI is InChI=1S/C11H19NS2/c1-4-13-8-7-12-10(3)11-6-5-9(2)14-11/h5-6,10,12H,4,7-8H2,1-3H3. The molecule has 1 rings (SSSR count). The Morgan fingerprint density at radius 3 is 2.86 bits per heavy atom. The molecule has 1 unspecified atom stereocenters. The largest absolute Gasteiger partial charge is 0.309 e. The van der Waals surface area contributed by atoms with Gasteiger partial charge in [0.15, 0.2) is 0 Å². The summed E-state index contributed by atoms with van der Waals surface area (Å²) in [5, 5.41) is 3.54. The topological polar surface area (TPSA) is 12.0 Å². The molecule has 1 nitrogen and oxygen atoms in total. The quantitative estimate of drug-likeness (QED) is 0.750. The third kappa shape index (κ3) is 4.03. The van der Waals surface area contributed by atoms with E-state index in [4.69, 9.17) is 0 Å². The van der Waals surface area contributed by atoms with Crippen molar-refractivity contribution < 1.29 is 0 Å². The lowest BCUT2D eigenvalue weighted by atomic mass is 10.3. The van der Waals surface area contributed by atoms with Gasteiger partial charge >= 0.3 is 0 Å². The molecule has 0 bridgehead atoms. The zero-order valence-corrected chi connectivity index (χ0v) is 10.8. The third-order valence-electron chi connectivity index (χ3n) is 2.09. The lowest BCUT2D eigenvalue weighted by molar-refractivity contribution is 0.610. The summed E-state index contributed by atoms with van der Waals surface area (Å²) < 4.78 is 0. The summed E-state index contributed by atoms with van der Waals surface area (Å²) in [5.74, 6) is 2.43. The van der Waals surface area contributed by atoms with Crippen LogP contribution in [0.5, 0.6) is 0 Å². The molecule has 0 aliphatic rings. The molecule has 0 aliphatic heterocycles. The van der Waals surface area contributed by atoms with Crippen molar-refractivity contribution in [3.8, 4) is 0 Å². The second-order valence-electron chi connectivity index (χ2n) is 3.32. The molecule has 0 saturated heterocycles. The van der Waals surface area contributed by atoms with E-state index in [-0.39, 0.29) is 0 Å². The Bertz CT molecular complexity index is 258. The number of nitrogens with one attached hydrogen (secondary N) is 1. The maximum Gasteiger partial charge on any atom is 0.0386 e. The van der Waals surface area contributed by atoms with Gasteiger partial charge in [-0.25, -0.2) is 0 Å². The van der Waals surface area contributed by atoms with E-state index in [1.54, 1.807) is 0 Å². The van der Waals surface area contributed by atoms with Crippen molar-refractivity contribution in [1.29, 1.82) is 0 Å². The summed E-state index contributed by atoms with van der Waals surface area (Å²) in [5.41, 5.74) is 0. The van der Waals surface area contributed by atoms with Crippen LogP contribution in [0.15, 0.2) is 12.1 Å². The van der Waals surface area contributed by atoms with Gasteiger partial charge in [-0.15, -0.1) is 11.3 Å². The van der Waals surface area contributed by atoms with Crippen LogP contribution >= 0.6 is 23.1 Å². The third-order valence-corrected chi connectivity index (χ3v) is 4.17. The van der Waals surface area contributed by atoms with Gasteiger partial charge in [-0.05, 0) is 31.7 Å². The molecule has 0 aliphatic carbocycles. The molecule has 1 N–H and O–H groups in total. The van der Waals surface area contributed by atoms with Crippen LogP contribution in [0.3, 0.4) is 0 Å². The SMILES string of the molecule is CCSCCNC(C)c1ccc(C)s1. The van der Waals surface area contributed by atoms with E-state index in [9.17, 15) is 0 Å². The molecule has 0 saturated carbocycles. The highest BCUT2D eigenvalue weighted by atomic mass is 32.2. The fourth-order valence-electron chi connectivity index (χ4n) is 1.28. The number of rotatable bonds is 6. The van der Waals surface area contributed by atoms with E-state index in [1.165, 1.54) is 21.3 Å². The minimum Gasteiger partial charge on any atom is -0.309 e. The summed E-state index contributed by atoms with van der Waals surface area (Å²) in [4.78, 5) is 2.85. The molecule has 0 fully saturated rings. The molecule has 0 amide bonds. The molecule has 1 heterocycles. The van der Waals surface area contributed by atoms with Crippen LogP contribution in [-0.2, 0) is 0 Å². The summed E-state index contributed by atoms with van der Waals surface area (Å²) in [6, 6.07) is 4.93. The number of hydrogen-bond acceptors (Lipinski definition) is 3. The van der Waals surface area contributed by atoms with Crippen molar-refractivity contribution in [3.05, 3.63) is 21.9 Å². The predicted molar refractivity (Wildman–Crippen MR) is 68.5 cm³/mol. The van der Waals surface area contributed by atoms with Gasteiger partial charge in [-0.3, -0.25) is 0 Å². The number of aryl methyl sites for hydroxylation is 1. The molecule has 1 aromatic heterocycles. The van der Waals surface area contributed by atoms with Crippen molar-refractivity contribution in [1.82, 2.24) is 5.32 Å². The Morgan fingerprint density at radius 2 is 2.29 bits per heavy atom. The van der Waals surface area contributed by atoms with Crippen LogP contribution in [0.2, 0.25) is 0 Å². The second-order valence-corrected chi connectivity index (χ2v) is 6.03. The summed E-state index contributed by atoms with van der Waals surface area (Å²) in [6.07, 6.45) is 0. The zero-order valence-electron chi connectivity index (χ0n) is 9.17. The summed E-state index contributed by atoms with van der Waals surface area (Å²) in [7, 11) is 0. The zero-order chi connectivity index (χ0) is 10.4. The smallest absolute Gasteiger partial charge is 0.0386 e. The van der Waals surface area contributed by atoms with Crippen LogP contribution in [0.4, 0.5) is 0 Å². The number of hydrogen-bond donors (Lipinski definition) is 1. The van der Waals surface area contributed by atoms with Gasteiger partial charge in [0.25, 0.3) is 0 Å². The van der Waals surface area contributed by atoms with Gasteiger partial charge in [0.05, 0.1) is 0 Å². The first kappa shape index (κ1) is 12.1. The van der Waals surface area contributed by atoms with Crippen molar-refractivity contribution in [2.75, 3.05) is 18.1 Å². The van der Waals surface area contributed by atoms with E-state index >= 15 is 0 Å². The average Bonchev–Trinajstić information content (AvgIpc) is 2.59. The molecular weight excluding hydrogens is 210 g/mol. The fourth-order valence-corrected chi connectivity index (χ4v) is 2.73. The number of thioether (sulfide) groups is 1. The first-order chi connectivity index (χ1) is 6.74. The van der Waals surface area contributed by atoms with Crippen LogP contribution in [-0.4, -0.2) is 18.1 Å². The van der Waals surface area contributed by atoms with Crippen molar-refractivity contribution in [3.63, 3.8) is 0 Å². The molecule has 80 valence electrons. The van der Waals surface area contributed by atoms with E-state index in [0.29, 0.717) is 6.04 Å². The van der Waals surface area contributed by atoms with Crippen LogP contribution in [0, 0.1) is 6.92 Å². The Labute approximate surface area is 95.3 Å². The van der Waals surface area contributed by atoms with Crippen molar-refractivity contribution in [2.45, 2.75) is 26.8 Å². The van der Waals surface area contributed by atoms with Gasteiger partial charge in [0.2, 0.25) is 0 Å². The molecule has 3 heteroatoms. The maximum atomic E-state index is 3.54. The van der Waals surface area contributed by atoms with Crippen LogP contribution in [0.25, 0.3) is 0 Å². The molecule has 0 spiro atoms. The monoisotopic (exact) mass is 229 g/mol. The Balaban J connectivity index is 2.25. The molecule has 0 radical (unpaired) electrons. The van der Waals surface area contributed by atoms with Crippen molar-refractivity contribution >= 4 is 23.1 Å². The lowest BCUT2D eigenvalue weighted by Crippen LogP contribution is -2.20. The van der Waals surface area contributed by atoms with Crippen molar-refractivity contribution in [2.24, 2.45) is 0 Å². The van der Waals surface area contributed by atoms with E-state index in [2.05, 4.69) is 38.2 Å². The molecule has 1 aromatic rings. The molecule has 14 heavy (non-hydrogen) atoms. The Morgan fingerprint density at radius 1 is 1.50 bits per heavy atom. The fraction of sp³-hybridized carbons (Fsp3) is 0.636. The predicted octanol–water partition coefficient (Wildman–Crippen LogP) is 3.46. The highest BCUT2D eigenvalue weighted by Crippen LogP contribution is 2.21. The number of thiophene rings is 1. The van der Waals surface area contributed by atoms with Gasteiger partial charge in [-0.1, -0.05) is 6.92 Å². The van der Waals surface area contributed by atoms with Gasteiger partial charge < -0.3 is 5.32 Å². The molecule has 0 aromatic carbocycles. The van der Waals surface area contributed by atoms with Crippen LogP contribution < -0.4 is 5.32 Å². The second kappa shape index (κ2) is 6.49. The normalized spacial score (nSPS) is 13.1. The minimum atomic E-state index is 0.506. The Kier molecular flexibility index (Phi) is 5.60. The first-order valence-electron chi connectivity index (χ1n) is 5.11. The molecular formula is C11H19NS2. The summed E-state index contributed by atoms with van der Waals surface area (Å²) in [6.45, 7) is 7.71. The summed E-state index contributed by atoms with van der Waals surface area (Å²) >= 11 is 3.88. The van der Waals surface area contributed by atoms with E-state index < -0.39 is 0 Å². The molecule has 1 atom stereocenters. The minimum absolute atomic E-state index is 0.506. The van der Waals surface area contributed by atoms with Gasteiger partial charge in [-0.2, -0.15) is 11.8 Å². The van der Waals surface area contributed by atoms with Crippen LogP contribution in [0.1, 0.15) is 29.6 Å². The van der Waals surface area contributed by atoms with E-state index in [0.717, 1.165) is 6.54 Å². The first-order valence-corrected chi connectivity index (χ1v) is 7.08. The Hall–Kier alpha value is 0.01000. The van der Waals surface area contributed by atoms with Gasteiger partial charge in [0, 0.05) is 28.1 Å². The lowest BCUT2D eigenvalue weighted by Gasteiger charge is -2.11.